The molecule has 0 N–H and O–H groups in total. The summed E-state index contributed by atoms with van der Waals surface area (Å²) in [7, 11) is 1.40. The van der Waals surface area contributed by atoms with E-state index in [4.69, 9.17) is 4.74 Å². The summed E-state index contributed by atoms with van der Waals surface area (Å²) >= 11 is 0. The smallest absolute Gasteiger partial charge is 0.333 e. The molecule has 0 aliphatic carbocycles. The van der Waals surface area contributed by atoms with Crippen LogP contribution in [0.25, 0.3) is 0 Å². The molecule has 0 fully saturated rings. The summed E-state index contributed by atoms with van der Waals surface area (Å²) in [6.45, 7) is 5.36. The molecule has 0 aliphatic heterocycles. The molecule has 0 spiro atoms. The second kappa shape index (κ2) is 9.71. The maximum atomic E-state index is 11.2. The van der Waals surface area contributed by atoms with Crippen LogP contribution in [0.3, 0.4) is 0 Å². The number of rotatable bonds is 8. The number of ether oxygens (including phenoxy) is 2. The normalized spacial score (nSPS) is 11.5. The molecule has 0 aromatic heterocycles. The Hall–Kier alpha value is -0.830. The minimum atomic E-state index is -0.255. The van der Waals surface area contributed by atoms with Crippen LogP contribution in [0.4, 0.5) is 0 Å². The lowest BCUT2D eigenvalue weighted by Crippen LogP contribution is -2.05. The Labute approximate surface area is 92.5 Å². The summed E-state index contributed by atoms with van der Waals surface area (Å²) in [5, 5.41) is 0. The number of unbranched alkanes of at least 4 members (excludes halogenated alkanes) is 2. The van der Waals surface area contributed by atoms with Crippen LogP contribution in [-0.2, 0) is 14.3 Å². The van der Waals surface area contributed by atoms with Gasteiger partial charge in [-0.3, -0.25) is 0 Å². The molecule has 0 saturated heterocycles. The highest BCUT2D eigenvalue weighted by atomic mass is 16.5. The van der Waals surface area contributed by atoms with Crippen LogP contribution >= 0.6 is 0 Å². The summed E-state index contributed by atoms with van der Waals surface area (Å²) in [4.78, 5) is 11.2. The minimum Gasteiger partial charge on any atom is -0.466 e. The van der Waals surface area contributed by atoms with E-state index in [9.17, 15) is 4.79 Å². The largest absolute Gasteiger partial charge is 0.466 e. The second-order valence-corrected chi connectivity index (χ2v) is 3.36. The number of methoxy groups -OCH3 is 1. The lowest BCUT2D eigenvalue weighted by Gasteiger charge is -2.03. The zero-order valence-electron chi connectivity index (χ0n) is 10.0. The zero-order chi connectivity index (χ0) is 11.5. The van der Waals surface area contributed by atoms with Crippen molar-refractivity contribution >= 4 is 5.97 Å². The van der Waals surface area contributed by atoms with E-state index in [0.29, 0.717) is 18.6 Å². The highest BCUT2D eigenvalue weighted by molar-refractivity contribution is 5.88. The van der Waals surface area contributed by atoms with Crippen LogP contribution in [0.2, 0.25) is 0 Å². The number of hydrogen-bond acceptors (Lipinski definition) is 3. The Bertz CT molecular complexity index is 197. The van der Waals surface area contributed by atoms with E-state index in [2.05, 4.69) is 11.7 Å². The Balaban J connectivity index is 3.67. The first-order valence-corrected chi connectivity index (χ1v) is 5.61. The summed E-state index contributed by atoms with van der Waals surface area (Å²) in [5.74, 6) is -0.255. The van der Waals surface area contributed by atoms with Crippen LogP contribution in [0.1, 0.15) is 39.5 Å². The molecule has 3 heteroatoms. The van der Waals surface area contributed by atoms with Gasteiger partial charge in [0.15, 0.2) is 0 Å². The Morgan fingerprint density at radius 2 is 2.00 bits per heavy atom. The average Bonchev–Trinajstić information content (AvgIpc) is 2.27. The van der Waals surface area contributed by atoms with Crippen LogP contribution in [-0.4, -0.2) is 26.3 Å². The fourth-order valence-electron chi connectivity index (χ4n) is 1.20. The van der Waals surface area contributed by atoms with Gasteiger partial charge in [0, 0.05) is 12.2 Å². The van der Waals surface area contributed by atoms with Crippen molar-refractivity contribution in [3.63, 3.8) is 0 Å². The quantitative estimate of drug-likeness (QED) is 0.354. The molecule has 0 atom stereocenters. The SMILES string of the molecule is CCCCCOCC=C(CC)C(=O)OC. The van der Waals surface area contributed by atoms with Gasteiger partial charge in [0.25, 0.3) is 0 Å². The number of carbonyl (C=O) groups excluding carboxylic acids is 1. The second-order valence-electron chi connectivity index (χ2n) is 3.36. The molecule has 0 radical (unpaired) electrons. The lowest BCUT2D eigenvalue weighted by molar-refractivity contribution is -0.136. The van der Waals surface area contributed by atoms with Gasteiger partial charge in [0.2, 0.25) is 0 Å². The van der Waals surface area contributed by atoms with Crippen LogP contribution < -0.4 is 0 Å². The fraction of sp³-hybridized carbons (Fsp3) is 0.750. The van der Waals surface area contributed by atoms with Crippen molar-refractivity contribution in [1.29, 1.82) is 0 Å². The topological polar surface area (TPSA) is 35.5 Å². The van der Waals surface area contributed by atoms with Crippen molar-refractivity contribution in [2.45, 2.75) is 39.5 Å². The maximum absolute atomic E-state index is 11.2. The Morgan fingerprint density at radius 3 is 2.53 bits per heavy atom. The Kier molecular flexibility index (Phi) is 9.18. The molecule has 0 aromatic rings. The minimum absolute atomic E-state index is 0.255. The Morgan fingerprint density at radius 1 is 1.27 bits per heavy atom. The molecule has 15 heavy (non-hydrogen) atoms. The molecule has 0 heterocycles. The summed E-state index contributed by atoms with van der Waals surface area (Å²) in [6, 6.07) is 0. The highest BCUT2D eigenvalue weighted by Gasteiger charge is 2.05. The third-order valence-electron chi connectivity index (χ3n) is 2.17. The monoisotopic (exact) mass is 214 g/mol. The van der Waals surface area contributed by atoms with Gasteiger partial charge in [-0.05, 0) is 18.9 Å². The predicted octanol–water partition coefficient (Wildman–Crippen LogP) is 2.70. The molecule has 0 bridgehead atoms. The lowest BCUT2D eigenvalue weighted by atomic mass is 10.2. The van der Waals surface area contributed by atoms with Gasteiger partial charge in [-0.25, -0.2) is 4.79 Å². The van der Waals surface area contributed by atoms with E-state index in [1.165, 1.54) is 20.0 Å². The van der Waals surface area contributed by atoms with E-state index in [1.54, 1.807) is 6.08 Å². The van der Waals surface area contributed by atoms with Gasteiger partial charge in [0.1, 0.15) is 0 Å². The zero-order valence-corrected chi connectivity index (χ0v) is 10.0. The van der Waals surface area contributed by atoms with Crippen molar-refractivity contribution in [3.05, 3.63) is 11.6 Å². The standard InChI is InChI=1S/C12H22O3/c1-4-6-7-9-15-10-8-11(5-2)12(13)14-3/h8H,4-7,9-10H2,1-3H3. The van der Waals surface area contributed by atoms with Crippen molar-refractivity contribution < 1.29 is 14.3 Å². The summed E-state index contributed by atoms with van der Waals surface area (Å²) < 4.78 is 10.0. The third-order valence-corrected chi connectivity index (χ3v) is 2.17. The van der Waals surface area contributed by atoms with Gasteiger partial charge in [-0.15, -0.1) is 0 Å². The first-order valence-electron chi connectivity index (χ1n) is 5.61. The van der Waals surface area contributed by atoms with Crippen LogP contribution in [0, 0.1) is 0 Å². The molecule has 0 amide bonds. The van der Waals surface area contributed by atoms with E-state index in [-0.39, 0.29) is 5.97 Å². The van der Waals surface area contributed by atoms with Crippen molar-refractivity contribution in [2.24, 2.45) is 0 Å². The van der Waals surface area contributed by atoms with Gasteiger partial charge in [-0.1, -0.05) is 26.7 Å². The molecular weight excluding hydrogens is 192 g/mol. The van der Waals surface area contributed by atoms with Crippen molar-refractivity contribution in [3.8, 4) is 0 Å². The van der Waals surface area contributed by atoms with E-state index >= 15 is 0 Å². The third kappa shape index (κ3) is 7.14. The van der Waals surface area contributed by atoms with Crippen molar-refractivity contribution in [1.82, 2.24) is 0 Å². The van der Waals surface area contributed by atoms with Crippen LogP contribution in [0.15, 0.2) is 11.6 Å². The number of esters is 1. The maximum Gasteiger partial charge on any atom is 0.333 e. The number of hydrogen-bond donors (Lipinski definition) is 0. The molecule has 0 aromatic carbocycles. The van der Waals surface area contributed by atoms with Gasteiger partial charge < -0.3 is 9.47 Å². The summed E-state index contributed by atoms with van der Waals surface area (Å²) in [6.07, 6.45) is 5.97. The molecule has 3 nitrogen and oxygen atoms in total. The van der Waals surface area contributed by atoms with Crippen molar-refractivity contribution in [2.75, 3.05) is 20.3 Å². The first-order chi connectivity index (χ1) is 7.26. The first kappa shape index (κ1) is 14.2. The molecule has 0 saturated carbocycles. The van der Waals surface area contributed by atoms with Crippen LogP contribution in [0.5, 0.6) is 0 Å². The highest BCUT2D eigenvalue weighted by Crippen LogP contribution is 2.03. The molecule has 0 aliphatic rings. The molecular formula is C12H22O3. The molecule has 0 rings (SSSR count). The molecule has 88 valence electrons. The number of carbonyl (C=O) groups is 1. The van der Waals surface area contributed by atoms with Gasteiger partial charge in [0.05, 0.1) is 13.7 Å². The van der Waals surface area contributed by atoms with E-state index in [1.807, 2.05) is 6.92 Å². The van der Waals surface area contributed by atoms with E-state index < -0.39 is 0 Å². The van der Waals surface area contributed by atoms with Gasteiger partial charge >= 0.3 is 5.97 Å². The predicted molar refractivity (Wildman–Crippen MR) is 60.7 cm³/mol. The summed E-state index contributed by atoms with van der Waals surface area (Å²) in [5.41, 5.74) is 0.688. The molecule has 0 unspecified atom stereocenters. The van der Waals surface area contributed by atoms with E-state index in [0.717, 1.165) is 13.0 Å². The fourth-order valence-corrected chi connectivity index (χ4v) is 1.20. The average molecular weight is 214 g/mol. The van der Waals surface area contributed by atoms with Gasteiger partial charge in [-0.2, -0.15) is 0 Å².